The van der Waals surface area contributed by atoms with E-state index >= 15 is 9.59 Å². The minimum atomic E-state index is -1.80. The van der Waals surface area contributed by atoms with E-state index in [-0.39, 0.29) is 69.6 Å². The van der Waals surface area contributed by atoms with Gasteiger partial charge in [-0.1, -0.05) is 178 Å². The average molecular weight is 1420 g/mol. The molecule has 1 aliphatic heterocycles. The van der Waals surface area contributed by atoms with Crippen molar-refractivity contribution in [1.29, 1.82) is 0 Å². The minimum Gasteiger partial charge on any atom is -0.508 e. The number of phenols is 1. The number of aromatic hydroxyl groups is 1. The van der Waals surface area contributed by atoms with E-state index in [9.17, 15) is 53.4 Å². The summed E-state index contributed by atoms with van der Waals surface area (Å²) >= 11 is 0. The number of carbonyl (C=O) groups is 11. The molecule has 8 aromatic rings. The van der Waals surface area contributed by atoms with Crippen LogP contribution < -0.4 is 53.6 Å². The Labute approximate surface area is 602 Å². The minimum absolute atomic E-state index is 0.0620. The lowest BCUT2D eigenvalue weighted by Crippen LogP contribution is -2.62. The molecule has 0 saturated carbocycles. The molecule has 25 nitrogen and oxygen atoms in total. The Kier molecular flexibility index (Phi) is 27.0. The van der Waals surface area contributed by atoms with E-state index in [1.807, 2.05) is 74.5 Å². The van der Waals surface area contributed by atoms with Crippen LogP contribution in [0.2, 0.25) is 0 Å². The zero-order chi connectivity index (χ0) is 74.4. The van der Waals surface area contributed by atoms with Crippen LogP contribution in [0, 0.1) is 5.92 Å². The lowest BCUT2D eigenvalue weighted by atomic mass is 9.99. The van der Waals surface area contributed by atoms with Gasteiger partial charge in [0.05, 0.1) is 6.61 Å². The molecule has 1 fully saturated rings. The van der Waals surface area contributed by atoms with Crippen molar-refractivity contribution in [3.63, 3.8) is 0 Å². The molecule has 0 unspecified atom stereocenters. The number of rotatable bonds is 34. The lowest BCUT2D eigenvalue weighted by molar-refractivity contribution is -0.142. The number of aliphatic hydroxyl groups excluding tert-OH is 1. The second-order valence-electron chi connectivity index (χ2n) is 26.7. The Bertz CT molecular complexity index is 4330. The summed E-state index contributed by atoms with van der Waals surface area (Å²) < 4.78 is 0. The second-order valence-corrected chi connectivity index (χ2v) is 26.7. The van der Waals surface area contributed by atoms with E-state index in [1.165, 1.54) is 43.0 Å². The van der Waals surface area contributed by atoms with E-state index < -0.39 is 132 Å². The van der Waals surface area contributed by atoms with E-state index in [4.69, 9.17) is 5.73 Å². The summed E-state index contributed by atoms with van der Waals surface area (Å²) in [6.45, 7) is 5.57. The number of carbonyl (C=O) groups excluding carboxylic acids is 11. The fourth-order valence-corrected chi connectivity index (χ4v) is 12.7. The number of aromatic nitrogens is 1. The second kappa shape index (κ2) is 36.7. The standard InChI is InChI=1S/C79H90N12O13/c1-47(2)37-67(79(104)91-36-18-29-69(91)78(103)82-48(3)70(80)95)89-74(99)63(40-51-21-10-6-11-22-51)86-76(101)66(44-57-45-81-60-28-17-16-27-59(57)60)88-73(98)65(42-53-31-34-58(94)35-32-53)87-77(102)68(46-92)90-75(100)64(41-52-23-12-7-13-24-52)85-72(97)62(39-50-19-8-5-9-20-50)84-71(96)61(83-49(4)93)43-54-30-33-55-25-14-15-26-56(55)38-54/h5-17,19-28,30-35,38,45,47-48,61-69,81,92,94H,18,29,36-37,39-44,46H2,1-4H3,(H2,80,95)(H,82,103)(H,83,93)(H,84,96)(H,85,97)(H,86,101)(H,87,102)(H,88,98)(H,89,99)(H,90,100)/t48-,61-,62-,63-,64-,65-,66-,67-,68-,69+/m0/s1. The number of aliphatic hydroxyl groups is 1. The fraction of sp³-hybridized carbons (Fsp3) is 0.329. The summed E-state index contributed by atoms with van der Waals surface area (Å²) in [6, 6.07) is 39.1. The summed E-state index contributed by atoms with van der Waals surface area (Å²) in [6.07, 6.45) is 1.82. The van der Waals surface area contributed by atoms with Gasteiger partial charge in [-0.05, 0) is 94.5 Å². The number of fused-ring (bicyclic) bond motifs is 2. The van der Waals surface area contributed by atoms with Gasteiger partial charge in [0.25, 0.3) is 0 Å². The first kappa shape index (κ1) is 76.4. The van der Waals surface area contributed by atoms with E-state index in [0.717, 1.165) is 16.3 Å². The number of hydrogen-bond donors (Lipinski definition) is 13. The van der Waals surface area contributed by atoms with Gasteiger partial charge in [-0.25, -0.2) is 0 Å². The largest absolute Gasteiger partial charge is 0.508 e. The molecule has 104 heavy (non-hydrogen) atoms. The van der Waals surface area contributed by atoms with Gasteiger partial charge >= 0.3 is 0 Å². The highest BCUT2D eigenvalue weighted by Crippen LogP contribution is 2.24. The Balaban J connectivity index is 0.972. The zero-order valence-electron chi connectivity index (χ0n) is 58.4. The number of amides is 11. The summed E-state index contributed by atoms with van der Waals surface area (Å²) in [5.74, 6) is -8.72. The van der Waals surface area contributed by atoms with Crippen molar-refractivity contribution < 1.29 is 63.0 Å². The summed E-state index contributed by atoms with van der Waals surface area (Å²) in [5, 5.41) is 48.6. The van der Waals surface area contributed by atoms with Gasteiger partial charge in [0.1, 0.15) is 66.2 Å². The molecule has 7 aromatic carbocycles. The molecule has 1 aromatic heterocycles. The van der Waals surface area contributed by atoms with Crippen molar-refractivity contribution in [2.75, 3.05) is 13.2 Å². The molecule has 9 rings (SSSR count). The first-order chi connectivity index (χ1) is 50.0. The first-order valence-electron chi connectivity index (χ1n) is 34.8. The summed E-state index contributed by atoms with van der Waals surface area (Å²) in [7, 11) is 0. The van der Waals surface area contributed by atoms with Gasteiger partial charge in [-0.15, -0.1) is 0 Å². The monoisotopic (exact) mass is 1410 g/mol. The normalized spacial score (nSPS) is 15.3. The highest BCUT2D eigenvalue weighted by Gasteiger charge is 2.41. The average Bonchev–Trinajstić information content (AvgIpc) is 1.77. The molecular formula is C79H90N12O13. The van der Waals surface area contributed by atoms with E-state index in [1.54, 1.807) is 103 Å². The highest BCUT2D eigenvalue weighted by atomic mass is 16.3. The molecule has 0 bridgehead atoms. The van der Waals surface area contributed by atoms with Crippen LogP contribution in [0.25, 0.3) is 21.7 Å². The Morgan fingerprint density at radius 3 is 1.35 bits per heavy atom. The number of nitrogens with zero attached hydrogens (tertiary/aromatic N) is 1. The van der Waals surface area contributed by atoms with Crippen molar-refractivity contribution in [2.24, 2.45) is 11.7 Å². The van der Waals surface area contributed by atoms with Crippen LogP contribution in [0.1, 0.15) is 80.3 Å². The van der Waals surface area contributed by atoms with Gasteiger partial charge in [-0.2, -0.15) is 0 Å². The number of benzene rings is 7. The van der Waals surface area contributed by atoms with Crippen molar-refractivity contribution >= 4 is 86.7 Å². The third-order valence-corrected chi connectivity index (χ3v) is 18.2. The van der Waals surface area contributed by atoms with Crippen LogP contribution in [0.15, 0.2) is 188 Å². The maximum atomic E-state index is 15.3. The molecule has 544 valence electrons. The summed E-state index contributed by atoms with van der Waals surface area (Å²) in [4.78, 5) is 162. The quantitative estimate of drug-likeness (QED) is 0.0274. The number of H-pyrrole nitrogens is 1. The maximum Gasteiger partial charge on any atom is 0.245 e. The predicted molar refractivity (Wildman–Crippen MR) is 391 cm³/mol. The number of nitrogens with two attached hydrogens (primary N) is 1. The van der Waals surface area contributed by atoms with Gasteiger partial charge in [0, 0.05) is 69.1 Å². The van der Waals surface area contributed by atoms with Crippen molar-refractivity contribution in [2.45, 2.75) is 146 Å². The molecule has 0 spiro atoms. The van der Waals surface area contributed by atoms with Crippen LogP contribution >= 0.6 is 0 Å². The predicted octanol–water partition coefficient (Wildman–Crippen LogP) is 3.70. The van der Waals surface area contributed by atoms with Crippen molar-refractivity contribution in [1.82, 2.24) is 57.7 Å². The fourth-order valence-electron chi connectivity index (χ4n) is 12.7. The number of primary amides is 1. The number of nitrogens with one attached hydrogen (secondary N) is 10. The van der Waals surface area contributed by atoms with Crippen molar-refractivity contribution in [3.05, 3.63) is 222 Å². The number of phenolic OH excluding ortho intramolecular Hbond substituents is 1. The number of aromatic amines is 1. The topological polar surface area (TPSA) is 382 Å². The molecule has 2 heterocycles. The smallest absolute Gasteiger partial charge is 0.245 e. The van der Waals surface area contributed by atoms with Crippen LogP contribution in [-0.4, -0.2) is 159 Å². The van der Waals surface area contributed by atoms with Crippen LogP contribution in [0.4, 0.5) is 0 Å². The third-order valence-electron chi connectivity index (χ3n) is 18.2. The number of likely N-dealkylation sites (tertiary alicyclic amines) is 1. The van der Waals surface area contributed by atoms with Crippen molar-refractivity contribution in [3.8, 4) is 5.75 Å². The molecule has 11 amide bonds. The zero-order valence-corrected chi connectivity index (χ0v) is 58.4. The molecule has 14 N–H and O–H groups in total. The number of para-hydroxylation sites is 1. The molecule has 1 saturated heterocycles. The van der Waals surface area contributed by atoms with E-state index in [0.29, 0.717) is 45.1 Å². The van der Waals surface area contributed by atoms with Gasteiger partial charge in [0.2, 0.25) is 65.0 Å². The molecule has 1 aliphatic rings. The molecule has 25 heteroatoms. The van der Waals surface area contributed by atoms with Gasteiger partial charge in [0.15, 0.2) is 0 Å². The maximum absolute atomic E-state index is 15.3. The van der Waals surface area contributed by atoms with Crippen LogP contribution in [0.3, 0.4) is 0 Å². The van der Waals surface area contributed by atoms with Crippen LogP contribution in [-0.2, 0) is 91.3 Å². The van der Waals surface area contributed by atoms with Gasteiger partial charge < -0.3 is 73.7 Å². The Hall–Kier alpha value is -11.7. The van der Waals surface area contributed by atoms with E-state index in [2.05, 4.69) is 52.8 Å². The number of hydrogen-bond acceptors (Lipinski definition) is 13. The third kappa shape index (κ3) is 21.7. The van der Waals surface area contributed by atoms with Gasteiger partial charge in [-0.3, -0.25) is 52.7 Å². The summed E-state index contributed by atoms with van der Waals surface area (Å²) in [5.41, 5.74) is 9.69. The molecule has 0 radical (unpaired) electrons. The first-order valence-corrected chi connectivity index (χ1v) is 34.8. The molecule has 10 atom stereocenters. The lowest BCUT2D eigenvalue weighted by Gasteiger charge is -2.31. The SMILES string of the molecule is CC(=O)N[C@@H](Cc1ccc2ccccc2c1)C(=O)N[C@@H](Cc1ccccc1)C(=O)N[C@@H](Cc1ccccc1)C(=O)N[C@@H](CO)C(=O)N[C@@H](Cc1ccc(O)cc1)C(=O)N[C@@H](Cc1c[nH]c2ccccc12)C(=O)N[C@@H](Cc1ccccc1)C(=O)N[C@@H](CC(C)C)C(=O)N1CCC[C@@H]1C(=O)N[C@@H](C)C(N)=O. The van der Waals surface area contributed by atoms with Crippen LogP contribution in [0.5, 0.6) is 5.75 Å². The Morgan fingerprint density at radius 2 is 0.865 bits per heavy atom. The Morgan fingerprint density at radius 1 is 0.462 bits per heavy atom. The highest BCUT2D eigenvalue weighted by molar-refractivity contribution is 6.00. The molecular weight excluding hydrogens is 1320 g/mol. The molecule has 0 aliphatic carbocycles.